The molecule has 2 aromatic carbocycles. The molecule has 0 aliphatic heterocycles. The van der Waals surface area contributed by atoms with E-state index in [1.807, 2.05) is 37.3 Å². The van der Waals surface area contributed by atoms with Crippen LogP contribution < -0.4 is 21.9 Å². The van der Waals surface area contributed by atoms with Gasteiger partial charge < -0.3 is 27.0 Å². The number of aromatic carboxylic acids is 1. The van der Waals surface area contributed by atoms with Crippen molar-refractivity contribution in [2.24, 2.45) is 11.5 Å². The second-order valence-corrected chi connectivity index (χ2v) is 8.98. The highest BCUT2D eigenvalue weighted by molar-refractivity contribution is 7.21. The predicted octanol–water partition coefficient (Wildman–Crippen LogP) is 3.46. The van der Waals surface area contributed by atoms with E-state index in [9.17, 15) is 14.7 Å². The summed E-state index contributed by atoms with van der Waals surface area (Å²) in [4.78, 5) is 29.8. The number of carbonyl (C=O) groups is 2. The van der Waals surface area contributed by atoms with Gasteiger partial charge in [-0.2, -0.15) is 0 Å². The Labute approximate surface area is 192 Å². The summed E-state index contributed by atoms with van der Waals surface area (Å²) in [6.45, 7) is 1.81. The number of hydrogen-bond acceptors (Lipinski definition) is 8. The van der Waals surface area contributed by atoms with E-state index in [4.69, 9.17) is 21.9 Å². The van der Waals surface area contributed by atoms with E-state index in [1.54, 1.807) is 18.2 Å². The van der Waals surface area contributed by atoms with Gasteiger partial charge in [-0.05, 0) is 36.2 Å². The molecule has 33 heavy (non-hydrogen) atoms. The van der Waals surface area contributed by atoms with Crippen LogP contribution >= 0.6 is 11.3 Å². The highest BCUT2D eigenvalue weighted by Crippen LogP contribution is 2.49. The highest BCUT2D eigenvalue weighted by atomic mass is 32.1. The van der Waals surface area contributed by atoms with Gasteiger partial charge in [-0.1, -0.05) is 24.3 Å². The maximum atomic E-state index is 13.6. The number of para-hydroxylation sites is 1. The first-order chi connectivity index (χ1) is 15.7. The van der Waals surface area contributed by atoms with Gasteiger partial charge in [0.15, 0.2) is 5.78 Å². The first-order valence-corrected chi connectivity index (χ1v) is 10.9. The molecule has 4 aromatic rings. The van der Waals surface area contributed by atoms with Gasteiger partial charge >= 0.3 is 5.97 Å². The van der Waals surface area contributed by atoms with Crippen LogP contribution in [-0.4, -0.2) is 21.8 Å². The molecule has 0 radical (unpaired) electrons. The maximum Gasteiger partial charge on any atom is 0.346 e. The Morgan fingerprint density at radius 2 is 1.91 bits per heavy atom. The van der Waals surface area contributed by atoms with Crippen molar-refractivity contribution in [2.45, 2.75) is 18.5 Å². The monoisotopic (exact) mass is 460 g/mol. The quantitative estimate of drug-likeness (QED) is 0.338. The van der Waals surface area contributed by atoms with Gasteiger partial charge in [-0.15, -0.1) is 11.3 Å². The summed E-state index contributed by atoms with van der Waals surface area (Å²) in [5.74, 6) is -0.696. The van der Waals surface area contributed by atoms with Crippen molar-refractivity contribution in [3.8, 4) is 11.6 Å². The summed E-state index contributed by atoms with van der Waals surface area (Å²) in [7, 11) is 0. The summed E-state index contributed by atoms with van der Waals surface area (Å²) in [5, 5.41) is 10.2. The number of ketones is 1. The average molecular weight is 461 g/mol. The molecule has 0 bridgehead atoms. The highest BCUT2D eigenvalue weighted by Gasteiger charge is 2.49. The van der Waals surface area contributed by atoms with Crippen LogP contribution in [0.5, 0.6) is 11.6 Å². The van der Waals surface area contributed by atoms with Gasteiger partial charge in [-0.3, -0.25) is 4.79 Å². The number of nitrogens with zero attached hydrogens (tertiary/aromatic N) is 1. The first-order valence-electron chi connectivity index (χ1n) is 10.1. The zero-order valence-electron chi connectivity index (χ0n) is 17.5. The number of Topliss-reactive ketones (excluding diaryl/α,β-unsaturated/α-hetero) is 1. The fourth-order valence-electron chi connectivity index (χ4n) is 4.43. The summed E-state index contributed by atoms with van der Waals surface area (Å²) >= 11 is 0.999. The number of nitrogen functional groups attached to an aromatic ring is 1. The number of ether oxygens (including phenoxy) is 1. The molecule has 0 fully saturated rings. The maximum absolute atomic E-state index is 13.6. The molecule has 0 spiro atoms. The molecule has 0 saturated carbocycles. The number of carbonyl (C=O) groups excluding carboxylic acids is 1. The lowest BCUT2D eigenvalue weighted by atomic mass is 9.70. The lowest BCUT2D eigenvalue weighted by Gasteiger charge is -2.37. The van der Waals surface area contributed by atoms with Crippen LogP contribution in [0.3, 0.4) is 0 Å². The molecule has 1 aliphatic rings. The number of pyridine rings is 1. The number of benzene rings is 2. The molecular weight excluding hydrogens is 440 g/mol. The molecule has 5 rings (SSSR count). The van der Waals surface area contributed by atoms with Gasteiger partial charge in [-0.25, -0.2) is 9.78 Å². The van der Waals surface area contributed by atoms with Crippen LogP contribution in [0.4, 0.5) is 5.69 Å². The average Bonchev–Trinajstić information content (AvgIpc) is 3.20. The zero-order chi connectivity index (χ0) is 23.5. The van der Waals surface area contributed by atoms with Crippen molar-refractivity contribution < 1.29 is 19.4 Å². The number of nitrogens with two attached hydrogens (primary N) is 3. The molecule has 2 heterocycles. The van der Waals surface area contributed by atoms with E-state index in [1.165, 1.54) is 6.20 Å². The van der Waals surface area contributed by atoms with E-state index in [0.717, 1.165) is 11.3 Å². The number of hydrogen-bond donors (Lipinski definition) is 4. The molecule has 2 atom stereocenters. The van der Waals surface area contributed by atoms with Crippen molar-refractivity contribution in [3.63, 3.8) is 0 Å². The van der Waals surface area contributed by atoms with Crippen molar-refractivity contribution in [1.29, 1.82) is 0 Å². The van der Waals surface area contributed by atoms with Crippen molar-refractivity contribution in [3.05, 3.63) is 81.9 Å². The lowest BCUT2D eigenvalue weighted by Crippen LogP contribution is -2.53. The van der Waals surface area contributed by atoms with Gasteiger partial charge in [0.2, 0.25) is 5.88 Å². The van der Waals surface area contributed by atoms with Crippen LogP contribution in [0, 0.1) is 6.92 Å². The molecule has 2 unspecified atom stereocenters. The zero-order valence-corrected chi connectivity index (χ0v) is 18.3. The van der Waals surface area contributed by atoms with Crippen molar-refractivity contribution in [2.75, 3.05) is 5.73 Å². The van der Waals surface area contributed by atoms with Crippen LogP contribution in [0.15, 0.2) is 54.7 Å². The second kappa shape index (κ2) is 7.38. The van der Waals surface area contributed by atoms with Crippen molar-refractivity contribution in [1.82, 2.24) is 4.98 Å². The minimum Gasteiger partial charge on any atom is -0.477 e. The van der Waals surface area contributed by atoms with Crippen LogP contribution in [0.1, 0.15) is 38.0 Å². The largest absolute Gasteiger partial charge is 0.477 e. The van der Waals surface area contributed by atoms with Gasteiger partial charge in [0.25, 0.3) is 0 Å². The van der Waals surface area contributed by atoms with Crippen LogP contribution in [-0.2, 0) is 10.3 Å². The number of thiophene rings is 1. The summed E-state index contributed by atoms with van der Waals surface area (Å²) in [6.07, 6.45) is 1.51. The van der Waals surface area contributed by atoms with E-state index < -0.39 is 23.3 Å². The SMILES string of the molecule is Cc1cc(Oc2ccccc2)ncc1C1(N)C(=O)C(N)c2c(C(=O)O)sc3c(N)ccc1c23. The number of aryl methyl sites for hydroxylation is 1. The minimum atomic E-state index is -1.63. The fourth-order valence-corrected chi connectivity index (χ4v) is 5.56. The lowest BCUT2D eigenvalue weighted by molar-refractivity contribution is -0.124. The Bertz CT molecular complexity index is 1450. The number of aromatic nitrogens is 1. The summed E-state index contributed by atoms with van der Waals surface area (Å²) < 4.78 is 6.35. The predicted molar refractivity (Wildman–Crippen MR) is 126 cm³/mol. The Morgan fingerprint density at radius 1 is 1.18 bits per heavy atom. The normalized spacial score (nSPS) is 19.6. The van der Waals surface area contributed by atoms with Crippen molar-refractivity contribution >= 4 is 38.9 Å². The second-order valence-electron chi connectivity index (χ2n) is 7.96. The van der Waals surface area contributed by atoms with E-state index >= 15 is 0 Å². The third-order valence-corrected chi connectivity index (χ3v) is 7.23. The van der Waals surface area contributed by atoms with Gasteiger partial charge in [0.1, 0.15) is 16.2 Å². The Hall–Kier alpha value is -3.79. The molecule has 166 valence electrons. The van der Waals surface area contributed by atoms with Gasteiger partial charge in [0.05, 0.1) is 10.7 Å². The molecule has 7 N–H and O–H groups in total. The van der Waals surface area contributed by atoms with E-state index in [2.05, 4.69) is 4.98 Å². The van der Waals surface area contributed by atoms with Crippen LogP contribution in [0.25, 0.3) is 10.1 Å². The molecule has 2 aromatic heterocycles. The van der Waals surface area contributed by atoms with Crippen LogP contribution in [0.2, 0.25) is 0 Å². The Morgan fingerprint density at radius 3 is 2.58 bits per heavy atom. The number of rotatable bonds is 4. The molecule has 1 aliphatic carbocycles. The first kappa shape index (κ1) is 21.1. The summed E-state index contributed by atoms with van der Waals surface area (Å²) in [5.41, 5.74) is 19.9. The molecule has 0 saturated heterocycles. The van der Waals surface area contributed by atoms with E-state index in [-0.39, 0.29) is 10.4 Å². The van der Waals surface area contributed by atoms with E-state index in [0.29, 0.717) is 44.1 Å². The standard InChI is InChI=1S/C24H20N4O4S/c1-11-9-16(32-12-5-3-2-4-6-12)28-10-14(11)24(27)13-7-8-15(25)20-17(13)18(19(26)22(24)29)21(33-20)23(30)31/h2-10,19H,25-27H2,1H3,(H,30,31). The molecular formula is C24H20N4O4S. The topological polar surface area (TPSA) is 155 Å². The Balaban J connectivity index is 1.70. The third kappa shape index (κ3) is 3.01. The molecule has 9 heteroatoms. The fraction of sp³-hybridized carbons (Fsp3) is 0.125. The summed E-state index contributed by atoms with van der Waals surface area (Å²) in [6, 6.07) is 13.0. The van der Waals surface area contributed by atoms with Gasteiger partial charge in [0, 0.05) is 34.5 Å². The minimum absolute atomic E-state index is 0.00601. The number of anilines is 1. The number of carboxylic acids is 1. The smallest absolute Gasteiger partial charge is 0.346 e. The Kier molecular flexibility index (Phi) is 4.71. The third-order valence-electron chi connectivity index (χ3n) is 5.98. The molecule has 8 nitrogen and oxygen atoms in total. The molecule has 0 amide bonds. The number of carboxylic acid groups (broad SMARTS) is 1.